The Morgan fingerprint density at radius 3 is 2.68 bits per heavy atom. The van der Waals surface area contributed by atoms with Gasteiger partial charge in [-0.3, -0.25) is 36.1 Å². The summed E-state index contributed by atoms with van der Waals surface area (Å²) in [5.41, 5.74) is 11.6. The van der Waals surface area contributed by atoms with E-state index < -0.39 is 11.8 Å². The highest BCUT2D eigenvalue weighted by atomic mass is 16.2. The number of imidazole rings is 1. The van der Waals surface area contributed by atoms with Crippen molar-refractivity contribution in [3.05, 3.63) is 41.4 Å². The average molecular weight is 342 g/mol. The predicted molar refractivity (Wildman–Crippen MR) is 89.7 cm³/mol. The van der Waals surface area contributed by atoms with Gasteiger partial charge in [-0.1, -0.05) is 0 Å². The van der Waals surface area contributed by atoms with Gasteiger partial charge in [0.15, 0.2) is 0 Å². The Balaban J connectivity index is 1.68. The highest BCUT2D eigenvalue weighted by molar-refractivity contribution is 6.00. The third kappa shape index (κ3) is 3.30. The van der Waals surface area contributed by atoms with Crippen LogP contribution in [0.5, 0.6) is 0 Å². The van der Waals surface area contributed by atoms with Crippen LogP contribution in [0, 0.1) is 6.92 Å². The Labute approximate surface area is 143 Å². The molecule has 2 heterocycles. The standard InChI is InChI=1S/C16H18N6O3/c1-3-22-9(2)17-12-8-10(4-6-13(12)22)15(24)20-21-16(25)11-5-7-14(23)19-18-11/h4-6,8,18H,3,7H2,1-2H3,(H,19,23)(H,20,24)(H,21,25). The smallest absolute Gasteiger partial charge is 0.287 e. The second kappa shape index (κ2) is 6.63. The van der Waals surface area contributed by atoms with Gasteiger partial charge in [-0.05, 0) is 38.1 Å². The van der Waals surface area contributed by atoms with Crippen LogP contribution in [0.3, 0.4) is 0 Å². The maximum atomic E-state index is 12.2. The van der Waals surface area contributed by atoms with E-state index in [0.29, 0.717) is 5.56 Å². The van der Waals surface area contributed by atoms with Crippen LogP contribution in [0.2, 0.25) is 0 Å². The van der Waals surface area contributed by atoms with Gasteiger partial charge >= 0.3 is 0 Å². The number of carbonyl (C=O) groups excluding carboxylic acids is 3. The molecule has 0 spiro atoms. The molecule has 25 heavy (non-hydrogen) atoms. The Bertz CT molecular complexity index is 899. The number of aromatic nitrogens is 2. The molecular formula is C16H18N6O3. The topological polar surface area (TPSA) is 117 Å². The maximum absolute atomic E-state index is 12.2. The fourth-order valence-corrected chi connectivity index (χ4v) is 2.63. The maximum Gasteiger partial charge on any atom is 0.287 e. The van der Waals surface area contributed by atoms with Gasteiger partial charge in [0.1, 0.15) is 11.5 Å². The second-order valence-corrected chi connectivity index (χ2v) is 5.51. The Morgan fingerprint density at radius 1 is 1.24 bits per heavy atom. The molecule has 9 nitrogen and oxygen atoms in total. The van der Waals surface area contributed by atoms with Crippen LogP contribution in [-0.4, -0.2) is 27.3 Å². The zero-order chi connectivity index (χ0) is 18.0. The molecule has 3 rings (SSSR count). The Hall–Kier alpha value is -3.36. The van der Waals surface area contributed by atoms with Crippen LogP contribution in [-0.2, 0) is 16.1 Å². The first-order valence-electron chi connectivity index (χ1n) is 7.82. The van der Waals surface area contributed by atoms with Gasteiger partial charge in [-0.25, -0.2) is 4.98 Å². The molecule has 4 N–H and O–H groups in total. The first-order valence-corrected chi connectivity index (χ1v) is 7.82. The van der Waals surface area contributed by atoms with Crippen molar-refractivity contribution in [2.45, 2.75) is 26.8 Å². The number of carbonyl (C=O) groups is 3. The fourth-order valence-electron chi connectivity index (χ4n) is 2.63. The third-order valence-corrected chi connectivity index (χ3v) is 3.88. The van der Waals surface area contributed by atoms with Crippen molar-refractivity contribution >= 4 is 28.8 Å². The molecule has 0 saturated carbocycles. The largest absolute Gasteiger partial charge is 0.329 e. The van der Waals surface area contributed by atoms with Crippen molar-refractivity contribution in [1.82, 2.24) is 31.3 Å². The average Bonchev–Trinajstić information content (AvgIpc) is 2.93. The highest BCUT2D eigenvalue weighted by Gasteiger charge is 2.16. The van der Waals surface area contributed by atoms with Crippen LogP contribution in [0.1, 0.15) is 29.5 Å². The summed E-state index contributed by atoms with van der Waals surface area (Å²) in [5, 5.41) is 0. The molecule has 1 aromatic carbocycles. The second-order valence-electron chi connectivity index (χ2n) is 5.51. The fraction of sp³-hybridized carbons (Fsp3) is 0.250. The summed E-state index contributed by atoms with van der Waals surface area (Å²) < 4.78 is 2.05. The van der Waals surface area contributed by atoms with E-state index in [0.717, 1.165) is 23.4 Å². The van der Waals surface area contributed by atoms with Crippen LogP contribution < -0.4 is 21.7 Å². The van der Waals surface area contributed by atoms with E-state index >= 15 is 0 Å². The monoisotopic (exact) mass is 342 g/mol. The summed E-state index contributed by atoms with van der Waals surface area (Å²) in [4.78, 5) is 39.6. The number of rotatable bonds is 3. The molecular weight excluding hydrogens is 324 g/mol. The van der Waals surface area contributed by atoms with E-state index in [4.69, 9.17) is 0 Å². The van der Waals surface area contributed by atoms with Crippen LogP contribution in [0.25, 0.3) is 11.0 Å². The molecule has 3 amide bonds. The number of nitrogens with zero attached hydrogens (tertiary/aromatic N) is 2. The molecule has 0 unspecified atom stereocenters. The molecule has 0 atom stereocenters. The molecule has 0 fully saturated rings. The zero-order valence-corrected chi connectivity index (χ0v) is 13.8. The SMILES string of the molecule is CCn1c(C)nc2cc(C(=O)NNC(=O)C3=CCC(=O)NN3)ccc21. The number of hydrazine groups is 2. The van der Waals surface area contributed by atoms with Gasteiger partial charge in [0.05, 0.1) is 11.0 Å². The number of amides is 3. The van der Waals surface area contributed by atoms with Gasteiger partial charge in [0.25, 0.3) is 11.8 Å². The van der Waals surface area contributed by atoms with Crippen molar-refractivity contribution in [1.29, 1.82) is 0 Å². The van der Waals surface area contributed by atoms with Crippen molar-refractivity contribution in [3.63, 3.8) is 0 Å². The van der Waals surface area contributed by atoms with E-state index in [-0.39, 0.29) is 18.0 Å². The van der Waals surface area contributed by atoms with E-state index in [1.807, 2.05) is 24.5 Å². The number of hydrogen-bond donors (Lipinski definition) is 4. The lowest BCUT2D eigenvalue weighted by Gasteiger charge is -2.16. The lowest BCUT2D eigenvalue weighted by atomic mass is 10.2. The minimum absolute atomic E-state index is 0.0970. The molecule has 1 aliphatic rings. The van der Waals surface area contributed by atoms with Crippen LogP contribution >= 0.6 is 0 Å². The van der Waals surface area contributed by atoms with Gasteiger partial charge in [0.2, 0.25) is 5.91 Å². The summed E-state index contributed by atoms with van der Waals surface area (Å²) in [7, 11) is 0. The summed E-state index contributed by atoms with van der Waals surface area (Å²) in [6.07, 6.45) is 1.53. The van der Waals surface area contributed by atoms with Crippen molar-refractivity contribution in [2.24, 2.45) is 0 Å². The number of aryl methyl sites for hydroxylation is 2. The van der Waals surface area contributed by atoms with Crippen molar-refractivity contribution in [3.8, 4) is 0 Å². The summed E-state index contributed by atoms with van der Waals surface area (Å²) in [5.74, 6) is -0.378. The quantitative estimate of drug-likeness (QED) is 0.587. The van der Waals surface area contributed by atoms with Crippen molar-refractivity contribution in [2.75, 3.05) is 0 Å². The first kappa shape index (κ1) is 16.5. The van der Waals surface area contributed by atoms with Crippen LogP contribution in [0.4, 0.5) is 0 Å². The molecule has 0 bridgehead atoms. The van der Waals surface area contributed by atoms with Crippen molar-refractivity contribution < 1.29 is 14.4 Å². The lowest BCUT2D eigenvalue weighted by Crippen LogP contribution is -2.49. The summed E-state index contributed by atoms with van der Waals surface area (Å²) in [6.45, 7) is 4.73. The predicted octanol–water partition coefficient (Wildman–Crippen LogP) is 0.0340. The van der Waals surface area contributed by atoms with Gasteiger partial charge in [-0.15, -0.1) is 0 Å². The summed E-state index contributed by atoms with van der Waals surface area (Å²) >= 11 is 0. The third-order valence-electron chi connectivity index (χ3n) is 3.88. The minimum atomic E-state index is -0.555. The number of nitrogens with one attached hydrogen (secondary N) is 4. The summed E-state index contributed by atoms with van der Waals surface area (Å²) in [6, 6.07) is 5.18. The molecule has 130 valence electrons. The molecule has 2 aromatic rings. The molecule has 0 radical (unpaired) electrons. The van der Waals surface area contributed by atoms with Gasteiger partial charge in [-0.2, -0.15) is 0 Å². The molecule has 9 heteroatoms. The van der Waals surface area contributed by atoms with Crippen LogP contribution in [0.15, 0.2) is 30.0 Å². The Morgan fingerprint density at radius 2 is 2.00 bits per heavy atom. The minimum Gasteiger partial charge on any atom is -0.329 e. The Kier molecular flexibility index (Phi) is 4.38. The van der Waals surface area contributed by atoms with E-state index in [1.165, 1.54) is 6.08 Å². The zero-order valence-electron chi connectivity index (χ0n) is 13.8. The normalized spacial score (nSPS) is 13.7. The first-order chi connectivity index (χ1) is 12.0. The van der Waals surface area contributed by atoms with Gasteiger partial charge in [0, 0.05) is 18.5 Å². The number of hydrogen-bond acceptors (Lipinski definition) is 5. The number of fused-ring (bicyclic) bond motifs is 1. The molecule has 1 aromatic heterocycles. The highest BCUT2D eigenvalue weighted by Crippen LogP contribution is 2.17. The lowest BCUT2D eigenvalue weighted by molar-refractivity contribution is -0.122. The molecule has 1 aliphatic heterocycles. The molecule has 0 aliphatic carbocycles. The van der Waals surface area contributed by atoms with Gasteiger partial charge < -0.3 is 4.57 Å². The van der Waals surface area contributed by atoms with E-state index in [2.05, 4.69) is 26.7 Å². The molecule has 0 saturated heterocycles. The van der Waals surface area contributed by atoms with E-state index in [9.17, 15) is 14.4 Å². The number of benzene rings is 1. The van der Waals surface area contributed by atoms with E-state index in [1.54, 1.807) is 12.1 Å².